The van der Waals surface area contributed by atoms with Gasteiger partial charge in [-0.2, -0.15) is 0 Å². The molecule has 1 nitrogen and oxygen atoms in total. The molecule has 0 atom stereocenters. The molecule has 0 rings (SSSR count). The lowest BCUT2D eigenvalue weighted by Crippen LogP contribution is -2.02. The van der Waals surface area contributed by atoms with Gasteiger partial charge in [0.15, 0.2) is 0 Å². The zero-order valence-corrected chi connectivity index (χ0v) is 6.91. The molecule has 0 aromatic carbocycles. The fourth-order valence-electron chi connectivity index (χ4n) is 0.537. The average Bonchev–Trinajstić information content (AvgIpc) is 1.90. The molecular formula is C8H12ClN. The van der Waals surface area contributed by atoms with Crippen LogP contribution in [0.15, 0.2) is 35.4 Å². The van der Waals surface area contributed by atoms with E-state index in [1.807, 2.05) is 6.92 Å². The Morgan fingerprint density at radius 1 is 1.70 bits per heavy atom. The van der Waals surface area contributed by atoms with Crippen LogP contribution in [0.5, 0.6) is 0 Å². The van der Waals surface area contributed by atoms with Gasteiger partial charge in [-0.3, -0.25) is 0 Å². The van der Waals surface area contributed by atoms with Crippen LogP contribution in [0, 0.1) is 0 Å². The van der Waals surface area contributed by atoms with Gasteiger partial charge in [-0.1, -0.05) is 30.8 Å². The molecular weight excluding hydrogens is 146 g/mol. The van der Waals surface area contributed by atoms with Gasteiger partial charge in [-0.25, -0.2) is 0 Å². The van der Waals surface area contributed by atoms with Crippen molar-refractivity contribution in [3.05, 3.63) is 35.4 Å². The molecule has 0 aromatic heterocycles. The fourth-order valence-corrected chi connectivity index (χ4v) is 0.691. The maximum Gasteiger partial charge on any atom is 0.0473 e. The summed E-state index contributed by atoms with van der Waals surface area (Å²) < 4.78 is 0. The van der Waals surface area contributed by atoms with E-state index in [0.29, 0.717) is 11.6 Å². The summed E-state index contributed by atoms with van der Waals surface area (Å²) >= 11 is 5.81. The summed E-state index contributed by atoms with van der Waals surface area (Å²) in [5.41, 5.74) is 7.03. The third-order valence-corrected chi connectivity index (χ3v) is 1.69. The summed E-state index contributed by atoms with van der Waals surface area (Å²) in [5.74, 6) is 0. The van der Waals surface area contributed by atoms with Crippen molar-refractivity contribution in [2.45, 2.75) is 6.92 Å². The second-order valence-electron chi connectivity index (χ2n) is 2.03. The third-order valence-electron chi connectivity index (χ3n) is 1.12. The van der Waals surface area contributed by atoms with Crippen molar-refractivity contribution in [3.8, 4) is 0 Å². The van der Waals surface area contributed by atoms with Crippen LogP contribution >= 0.6 is 11.6 Å². The highest BCUT2D eigenvalue weighted by molar-refractivity contribution is 6.32. The molecule has 0 heterocycles. The molecule has 0 fully saturated rings. The Hall–Kier alpha value is -0.530. The Balaban J connectivity index is 4.59. The first-order valence-corrected chi connectivity index (χ1v) is 3.38. The Morgan fingerprint density at radius 2 is 2.20 bits per heavy atom. The minimum absolute atomic E-state index is 0.412. The minimum atomic E-state index is 0.412. The molecule has 0 amide bonds. The molecule has 0 bridgehead atoms. The maximum atomic E-state index is 5.81. The summed E-state index contributed by atoms with van der Waals surface area (Å²) in [6.45, 7) is 9.50. The first-order valence-electron chi connectivity index (χ1n) is 3.00. The van der Waals surface area contributed by atoms with Gasteiger partial charge in [0.1, 0.15) is 0 Å². The van der Waals surface area contributed by atoms with Crippen molar-refractivity contribution < 1.29 is 0 Å². The second-order valence-corrected chi connectivity index (χ2v) is 2.41. The number of hydrogen-bond donors (Lipinski definition) is 1. The second kappa shape index (κ2) is 4.31. The quantitative estimate of drug-likeness (QED) is 0.625. The van der Waals surface area contributed by atoms with E-state index >= 15 is 0 Å². The van der Waals surface area contributed by atoms with Crippen LogP contribution in [-0.2, 0) is 0 Å². The topological polar surface area (TPSA) is 26.0 Å². The number of allylic oxidation sites excluding steroid dienone is 2. The van der Waals surface area contributed by atoms with Crippen molar-refractivity contribution in [3.63, 3.8) is 0 Å². The van der Waals surface area contributed by atoms with Crippen LogP contribution in [0.1, 0.15) is 6.92 Å². The van der Waals surface area contributed by atoms with E-state index in [2.05, 4.69) is 13.2 Å². The molecule has 2 heteroatoms. The first kappa shape index (κ1) is 9.47. The zero-order chi connectivity index (χ0) is 8.15. The zero-order valence-electron chi connectivity index (χ0n) is 6.15. The lowest BCUT2D eigenvalue weighted by molar-refractivity contribution is 1.17. The molecule has 0 saturated carbocycles. The third kappa shape index (κ3) is 2.38. The highest BCUT2D eigenvalue weighted by atomic mass is 35.5. The normalized spacial score (nSPS) is 12.3. The smallest absolute Gasteiger partial charge is 0.0473 e. The van der Waals surface area contributed by atoms with Crippen LogP contribution in [0.25, 0.3) is 0 Å². The van der Waals surface area contributed by atoms with Crippen LogP contribution in [-0.4, -0.2) is 6.54 Å². The SMILES string of the molecule is C=C/C(CN)=C(/Cl)C(=C)C. The molecule has 0 aliphatic heterocycles. The van der Waals surface area contributed by atoms with Gasteiger partial charge in [0, 0.05) is 11.6 Å². The van der Waals surface area contributed by atoms with E-state index < -0.39 is 0 Å². The molecule has 0 aliphatic rings. The van der Waals surface area contributed by atoms with Gasteiger partial charge < -0.3 is 5.73 Å². The van der Waals surface area contributed by atoms with Crippen molar-refractivity contribution in [2.75, 3.05) is 6.54 Å². The molecule has 56 valence electrons. The van der Waals surface area contributed by atoms with Gasteiger partial charge in [-0.05, 0) is 18.1 Å². The summed E-state index contributed by atoms with van der Waals surface area (Å²) in [6, 6.07) is 0. The van der Waals surface area contributed by atoms with Gasteiger partial charge in [0.25, 0.3) is 0 Å². The summed E-state index contributed by atoms with van der Waals surface area (Å²) in [4.78, 5) is 0. The highest BCUT2D eigenvalue weighted by Gasteiger charge is 1.98. The van der Waals surface area contributed by atoms with E-state index in [0.717, 1.165) is 11.1 Å². The van der Waals surface area contributed by atoms with E-state index in [1.165, 1.54) is 0 Å². The number of nitrogens with two attached hydrogens (primary N) is 1. The van der Waals surface area contributed by atoms with E-state index in [-0.39, 0.29) is 0 Å². The first-order chi connectivity index (χ1) is 4.63. The number of halogens is 1. The van der Waals surface area contributed by atoms with E-state index in [1.54, 1.807) is 6.08 Å². The van der Waals surface area contributed by atoms with Crippen LogP contribution in [0.2, 0.25) is 0 Å². The predicted molar refractivity (Wildman–Crippen MR) is 46.9 cm³/mol. The fraction of sp³-hybridized carbons (Fsp3) is 0.250. The van der Waals surface area contributed by atoms with E-state index in [9.17, 15) is 0 Å². The number of rotatable bonds is 3. The molecule has 0 aromatic rings. The van der Waals surface area contributed by atoms with Crippen LogP contribution in [0.3, 0.4) is 0 Å². The van der Waals surface area contributed by atoms with Gasteiger partial charge in [-0.15, -0.1) is 0 Å². The Bertz CT molecular complexity index is 180. The Labute approximate surface area is 66.9 Å². The molecule has 10 heavy (non-hydrogen) atoms. The largest absolute Gasteiger partial charge is 0.326 e. The van der Waals surface area contributed by atoms with Gasteiger partial charge in [0.2, 0.25) is 0 Å². The molecule has 0 unspecified atom stereocenters. The molecule has 0 radical (unpaired) electrons. The summed E-state index contributed by atoms with van der Waals surface area (Å²) in [6.07, 6.45) is 1.65. The van der Waals surface area contributed by atoms with Crippen LogP contribution < -0.4 is 5.73 Å². The monoisotopic (exact) mass is 157 g/mol. The maximum absolute atomic E-state index is 5.81. The molecule has 2 N–H and O–H groups in total. The van der Waals surface area contributed by atoms with Crippen molar-refractivity contribution in [1.82, 2.24) is 0 Å². The lowest BCUT2D eigenvalue weighted by atomic mass is 10.2. The van der Waals surface area contributed by atoms with Gasteiger partial charge >= 0.3 is 0 Å². The standard InChI is InChI=1S/C8H12ClN/c1-4-7(5-10)8(9)6(2)3/h4H,1-2,5,10H2,3H3/b8-7-. The summed E-state index contributed by atoms with van der Waals surface area (Å²) in [5, 5.41) is 0.623. The predicted octanol–water partition coefficient (Wildman–Crippen LogP) is 2.20. The number of hydrogen-bond acceptors (Lipinski definition) is 1. The lowest BCUT2D eigenvalue weighted by Gasteiger charge is -2.01. The van der Waals surface area contributed by atoms with Crippen molar-refractivity contribution in [1.29, 1.82) is 0 Å². The van der Waals surface area contributed by atoms with Crippen molar-refractivity contribution in [2.24, 2.45) is 5.73 Å². The van der Waals surface area contributed by atoms with Crippen molar-refractivity contribution >= 4 is 11.6 Å². The molecule has 0 aliphatic carbocycles. The summed E-state index contributed by atoms with van der Waals surface area (Å²) in [7, 11) is 0. The Morgan fingerprint density at radius 3 is 2.30 bits per heavy atom. The highest BCUT2D eigenvalue weighted by Crippen LogP contribution is 2.16. The minimum Gasteiger partial charge on any atom is -0.326 e. The van der Waals surface area contributed by atoms with E-state index in [4.69, 9.17) is 17.3 Å². The molecule has 0 saturated heterocycles. The average molecular weight is 158 g/mol. The molecule has 0 spiro atoms. The van der Waals surface area contributed by atoms with Crippen LogP contribution in [0.4, 0.5) is 0 Å². The Kier molecular flexibility index (Phi) is 4.08. The van der Waals surface area contributed by atoms with Gasteiger partial charge in [0.05, 0.1) is 0 Å².